The third-order valence-electron chi connectivity index (χ3n) is 6.57. The number of fused-ring (bicyclic) bond motifs is 1. The summed E-state index contributed by atoms with van der Waals surface area (Å²) in [4.78, 5) is 8.83. The van der Waals surface area contributed by atoms with Gasteiger partial charge in [0, 0.05) is 27.6 Å². The van der Waals surface area contributed by atoms with Gasteiger partial charge >= 0.3 is 0 Å². The monoisotopic (exact) mass is 450 g/mol. The SMILES string of the molecule is Cc1ccc(-c2[nH]c(/C=C3\N=C(c4ccccc4)C=C3c3ccccc3)c3cc(C)ccc23)cc1. The fourth-order valence-corrected chi connectivity index (χ4v) is 4.72. The zero-order chi connectivity index (χ0) is 23.8. The van der Waals surface area contributed by atoms with Crippen molar-refractivity contribution in [2.45, 2.75) is 13.8 Å². The van der Waals surface area contributed by atoms with Gasteiger partial charge in [-0.25, -0.2) is 4.99 Å². The molecule has 1 N–H and O–H groups in total. The number of nitrogens with zero attached hydrogens (tertiary/aromatic N) is 1. The summed E-state index contributed by atoms with van der Waals surface area (Å²) >= 11 is 0. The number of aromatic nitrogens is 1. The number of hydrogen-bond acceptors (Lipinski definition) is 1. The smallest absolute Gasteiger partial charge is 0.0737 e. The zero-order valence-corrected chi connectivity index (χ0v) is 19.9. The summed E-state index contributed by atoms with van der Waals surface area (Å²) in [5.74, 6) is 0. The lowest BCUT2D eigenvalue weighted by Gasteiger charge is -2.04. The molecule has 1 aliphatic rings. The molecule has 0 saturated heterocycles. The van der Waals surface area contributed by atoms with Crippen LogP contribution in [0.2, 0.25) is 0 Å². The third-order valence-corrected chi connectivity index (χ3v) is 6.57. The number of H-pyrrole nitrogens is 1. The van der Waals surface area contributed by atoms with Gasteiger partial charge in [-0.15, -0.1) is 0 Å². The first-order valence-corrected chi connectivity index (χ1v) is 12.0. The van der Waals surface area contributed by atoms with Crippen LogP contribution in [0.5, 0.6) is 0 Å². The lowest BCUT2D eigenvalue weighted by molar-refractivity contribution is 1.36. The molecule has 0 saturated carbocycles. The van der Waals surface area contributed by atoms with Gasteiger partial charge in [0.25, 0.3) is 0 Å². The normalized spacial score (nSPS) is 14.4. The van der Waals surface area contributed by atoms with Gasteiger partial charge in [-0.1, -0.05) is 108 Å². The van der Waals surface area contributed by atoms with Gasteiger partial charge in [0.2, 0.25) is 0 Å². The fourth-order valence-electron chi connectivity index (χ4n) is 4.72. The molecule has 0 aliphatic carbocycles. The maximum absolute atomic E-state index is 5.10. The highest BCUT2D eigenvalue weighted by Gasteiger charge is 2.19. The quantitative estimate of drug-likeness (QED) is 0.285. The van der Waals surface area contributed by atoms with E-state index in [1.54, 1.807) is 0 Å². The summed E-state index contributed by atoms with van der Waals surface area (Å²) in [7, 11) is 0. The van der Waals surface area contributed by atoms with Crippen molar-refractivity contribution in [3.05, 3.63) is 143 Å². The Labute approximate surface area is 206 Å². The Bertz CT molecular complexity index is 1610. The first-order chi connectivity index (χ1) is 17.2. The van der Waals surface area contributed by atoms with Gasteiger partial charge in [0.05, 0.1) is 17.1 Å². The molecule has 0 bridgehead atoms. The van der Waals surface area contributed by atoms with E-state index < -0.39 is 0 Å². The molecule has 6 rings (SSSR count). The van der Waals surface area contributed by atoms with E-state index in [-0.39, 0.29) is 0 Å². The molecular weight excluding hydrogens is 424 g/mol. The molecule has 35 heavy (non-hydrogen) atoms. The fraction of sp³-hybridized carbons (Fsp3) is 0.0606. The highest BCUT2D eigenvalue weighted by molar-refractivity contribution is 6.19. The van der Waals surface area contributed by atoms with E-state index in [2.05, 4.69) is 128 Å². The van der Waals surface area contributed by atoms with Gasteiger partial charge in [-0.05, 0) is 43.2 Å². The average molecular weight is 451 g/mol. The Hall–Kier alpha value is -4.43. The molecule has 4 aromatic carbocycles. The highest BCUT2D eigenvalue weighted by atomic mass is 14.8. The van der Waals surface area contributed by atoms with Crippen molar-refractivity contribution in [2.24, 2.45) is 4.99 Å². The van der Waals surface area contributed by atoms with Crippen molar-refractivity contribution in [3.8, 4) is 11.3 Å². The minimum absolute atomic E-state index is 0.968. The second-order valence-corrected chi connectivity index (χ2v) is 9.15. The molecule has 5 aromatic rings. The summed E-state index contributed by atoms with van der Waals surface area (Å²) < 4.78 is 0. The minimum atomic E-state index is 0.968. The average Bonchev–Trinajstić information content (AvgIpc) is 3.47. The molecule has 1 aromatic heterocycles. The van der Waals surface area contributed by atoms with Crippen molar-refractivity contribution < 1.29 is 0 Å². The summed E-state index contributed by atoms with van der Waals surface area (Å²) in [5, 5.41) is 2.44. The Morgan fingerprint density at radius 3 is 2.00 bits per heavy atom. The molecule has 0 atom stereocenters. The maximum atomic E-state index is 5.10. The van der Waals surface area contributed by atoms with E-state index in [0.29, 0.717) is 0 Å². The molecule has 2 heterocycles. The predicted molar refractivity (Wildman–Crippen MR) is 149 cm³/mol. The van der Waals surface area contributed by atoms with Crippen molar-refractivity contribution >= 4 is 28.1 Å². The second kappa shape index (κ2) is 8.73. The molecule has 0 radical (unpaired) electrons. The highest BCUT2D eigenvalue weighted by Crippen LogP contribution is 2.36. The van der Waals surface area contributed by atoms with Crippen LogP contribution in [0.25, 0.3) is 33.7 Å². The molecule has 0 unspecified atom stereocenters. The summed E-state index contributed by atoms with van der Waals surface area (Å²) in [6.07, 6.45) is 4.40. The van der Waals surface area contributed by atoms with Crippen molar-refractivity contribution in [1.82, 2.24) is 4.98 Å². The van der Waals surface area contributed by atoms with Gasteiger partial charge in [0.1, 0.15) is 0 Å². The van der Waals surface area contributed by atoms with E-state index in [9.17, 15) is 0 Å². The molecule has 168 valence electrons. The van der Waals surface area contributed by atoms with Crippen LogP contribution in [-0.4, -0.2) is 10.7 Å². The number of aryl methyl sites for hydroxylation is 2. The van der Waals surface area contributed by atoms with E-state index in [1.165, 1.54) is 33.0 Å². The second-order valence-electron chi connectivity index (χ2n) is 9.15. The molecule has 2 heteroatoms. The summed E-state index contributed by atoms with van der Waals surface area (Å²) in [6.45, 7) is 4.26. The van der Waals surface area contributed by atoms with Crippen LogP contribution in [0.1, 0.15) is 27.9 Å². The molecule has 0 fully saturated rings. The van der Waals surface area contributed by atoms with Crippen molar-refractivity contribution in [3.63, 3.8) is 0 Å². The Kier molecular flexibility index (Phi) is 5.27. The van der Waals surface area contributed by atoms with Crippen LogP contribution in [-0.2, 0) is 0 Å². The van der Waals surface area contributed by atoms with Crippen LogP contribution >= 0.6 is 0 Å². The molecule has 0 spiro atoms. The van der Waals surface area contributed by atoms with Crippen LogP contribution in [0.4, 0.5) is 0 Å². The maximum Gasteiger partial charge on any atom is 0.0737 e. The zero-order valence-electron chi connectivity index (χ0n) is 19.9. The first kappa shape index (κ1) is 21.1. The topological polar surface area (TPSA) is 28.1 Å². The van der Waals surface area contributed by atoms with Crippen LogP contribution in [0, 0.1) is 13.8 Å². The van der Waals surface area contributed by atoms with E-state index >= 15 is 0 Å². The number of hydrogen-bond donors (Lipinski definition) is 1. The van der Waals surface area contributed by atoms with Crippen molar-refractivity contribution in [1.29, 1.82) is 0 Å². The number of nitrogens with one attached hydrogen (secondary N) is 1. The standard InChI is InChI=1S/C33H26N2/c1-22-13-16-26(17-14-22)33-27-18-15-23(2)19-29(27)32(35-33)21-31-28(24-9-5-3-6-10-24)20-30(34-31)25-11-7-4-8-12-25/h3-21,35H,1-2H3/b31-21-. The largest absolute Gasteiger partial charge is 0.354 e. The molecule has 1 aliphatic heterocycles. The van der Waals surface area contributed by atoms with Gasteiger partial charge in [0.15, 0.2) is 0 Å². The van der Waals surface area contributed by atoms with Gasteiger partial charge in [-0.2, -0.15) is 0 Å². The van der Waals surface area contributed by atoms with Crippen LogP contribution in [0.15, 0.2) is 120 Å². The van der Waals surface area contributed by atoms with Gasteiger partial charge < -0.3 is 4.98 Å². The van der Waals surface area contributed by atoms with Gasteiger partial charge in [-0.3, -0.25) is 0 Å². The predicted octanol–water partition coefficient (Wildman–Crippen LogP) is 8.38. The summed E-state index contributed by atoms with van der Waals surface area (Å²) in [6, 6.07) is 36.3. The molecular formula is C33H26N2. The Balaban J connectivity index is 1.54. The van der Waals surface area contributed by atoms with E-state index in [4.69, 9.17) is 4.99 Å². The minimum Gasteiger partial charge on any atom is -0.354 e. The summed E-state index contributed by atoms with van der Waals surface area (Å²) in [5.41, 5.74) is 11.3. The van der Waals surface area contributed by atoms with E-state index in [0.717, 1.165) is 33.9 Å². The first-order valence-electron chi connectivity index (χ1n) is 12.0. The van der Waals surface area contributed by atoms with E-state index in [1.807, 2.05) is 6.07 Å². The Morgan fingerprint density at radius 2 is 1.29 bits per heavy atom. The molecule has 0 amide bonds. The third kappa shape index (κ3) is 4.04. The van der Waals surface area contributed by atoms with Crippen LogP contribution in [0.3, 0.4) is 0 Å². The lowest BCUT2D eigenvalue weighted by atomic mass is 10.0. The number of aliphatic imine (C=N–C) groups is 1. The van der Waals surface area contributed by atoms with Crippen LogP contribution < -0.4 is 0 Å². The Morgan fingerprint density at radius 1 is 0.629 bits per heavy atom. The number of aromatic amines is 1. The lowest BCUT2D eigenvalue weighted by Crippen LogP contribution is -1.92. The molecule has 2 nitrogen and oxygen atoms in total. The number of benzene rings is 4. The van der Waals surface area contributed by atoms with Crippen molar-refractivity contribution in [2.75, 3.05) is 0 Å². The number of allylic oxidation sites excluding steroid dienone is 2. The number of rotatable bonds is 4.